The van der Waals surface area contributed by atoms with Gasteiger partial charge in [0.05, 0.1) is 56.9 Å². The van der Waals surface area contributed by atoms with Crippen LogP contribution in [0.2, 0.25) is 0 Å². The first-order chi connectivity index (χ1) is 47.8. The Labute approximate surface area is 618 Å². The molecule has 2 aliphatic rings. The molecule has 3 N–H and O–H groups in total. The third-order valence-corrected chi connectivity index (χ3v) is 21.5. The van der Waals surface area contributed by atoms with Crippen molar-refractivity contribution in [1.82, 2.24) is 40.0 Å². The minimum atomic E-state index is -1.61. The van der Waals surface area contributed by atoms with Gasteiger partial charge in [-0.1, -0.05) is 137 Å². The van der Waals surface area contributed by atoms with E-state index < -0.39 is 190 Å². The van der Waals surface area contributed by atoms with Crippen molar-refractivity contribution >= 4 is 76.2 Å². The van der Waals surface area contributed by atoms with Crippen LogP contribution in [0.15, 0.2) is 0 Å². The van der Waals surface area contributed by atoms with Gasteiger partial charge in [-0.05, 0) is 98.8 Å². The van der Waals surface area contributed by atoms with Crippen molar-refractivity contribution in [3.63, 3.8) is 0 Å². The molecular formula is C79H138N8O16. The largest absolute Gasteiger partial charge is 0.469 e. The zero-order valence-corrected chi connectivity index (χ0v) is 67.9. The van der Waals surface area contributed by atoms with Crippen molar-refractivity contribution in [1.29, 1.82) is 0 Å². The Balaban J connectivity index is 3.03. The summed E-state index contributed by atoms with van der Waals surface area (Å²) < 4.78 is 10.5. The van der Waals surface area contributed by atoms with Crippen LogP contribution in [-0.4, -0.2) is 235 Å². The maximum Gasteiger partial charge on any atom is 0.306 e. The summed E-state index contributed by atoms with van der Waals surface area (Å²) in [7, 11) is 8.61. The van der Waals surface area contributed by atoms with Crippen LogP contribution in [0.3, 0.4) is 0 Å². The number of morpholine rings is 1. The number of hydrogen-bond acceptors (Lipinski definition) is 17. The first-order valence-electron chi connectivity index (χ1n) is 38.4. The molecule has 0 aromatic carbocycles. The second-order valence-corrected chi connectivity index (χ2v) is 33.4. The lowest BCUT2D eigenvalue weighted by molar-refractivity contribution is -0.155. The molecule has 0 aromatic rings. The number of nitrogens with zero attached hydrogens (tertiary/aromatic N) is 6. The maximum atomic E-state index is 15.5. The minimum absolute atomic E-state index is 0.0338. The van der Waals surface area contributed by atoms with Gasteiger partial charge in [-0.25, -0.2) is 0 Å². The number of carbonyl (C=O) groups is 13. The predicted octanol–water partition coefficient (Wildman–Crippen LogP) is 8.28. The summed E-state index contributed by atoms with van der Waals surface area (Å²) in [6.45, 7) is 37.4. The van der Waals surface area contributed by atoms with E-state index in [-0.39, 0.29) is 81.6 Å². The van der Waals surface area contributed by atoms with Gasteiger partial charge in [0.1, 0.15) is 29.7 Å². The normalized spacial score (nSPS) is 26.4. The van der Waals surface area contributed by atoms with Crippen molar-refractivity contribution in [3.8, 4) is 0 Å². The number of rotatable bonds is 24. The van der Waals surface area contributed by atoms with Gasteiger partial charge in [0.15, 0.2) is 17.3 Å². The second kappa shape index (κ2) is 43.6. The Kier molecular flexibility index (Phi) is 39.4. The van der Waals surface area contributed by atoms with E-state index in [1.165, 1.54) is 61.8 Å². The van der Waals surface area contributed by atoms with Gasteiger partial charge in [-0.2, -0.15) is 0 Å². The van der Waals surface area contributed by atoms with Crippen LogP contribution in [-0.2, 0) is 71.8 Å². The molecule has 0 saturated carbocycles. The standard InChI is InChI=1S/C79H138N8O16/c1-26-60-65(90)39-53(15)63(88)44-59(79(18,19)45-82(20)76(99)58(50(10)11)43-68(93)102-25)64(89)42-57(49(8)9)77(100)84(22)61(37-47(4)5)66(91)40-54(16)72(95)80-55(17)74(97)83(21)62(38-48(6)7)67(92)41-56(36-46(2)3)75(98)85(23)69(51(12)13)78(101)86(24)70(73(96)81-60)71(94)52(14)30-28-27-29-31-87-32-34-103-35-33-87/h46-62,69-71,94H,26-45H2,1-25H3,(H,80,95)(H,81,96)/t52-,53+,54-,55-,56-,57+,58+,59-,60+,61+,62+,69+,70+,71-/m1/s1. The molecule has 0 aromatic heterocycles. The van der Waals surface area contributed by atoms with Crippen molar-refractivity contribution in [2.75, 3.05) is 81.7 Å². The Morgan fingerprint density at radius 1 is 0.592 bits per heavy atom. The van der Waals surface area contributed by atoms with Crippen LogP contribution >= 0.6 is 0 Å². The Morgan fingerprint density at radius 3 is 1.62 bits per heavy atom. The second-order valence-electron chi connectivity index (χ2n) is 33.4. The molecule has 24 nitrogen and oxygen atoms in total. The SMILES string of the molecule is CC[C@@H]1NC(=O)[C@H]([C@H](O)[C@H](C)CCCCCN2CCOCC2)N(C)C(=O)[C@H](C(C)C)N(C)C(=O)[C@H](CC(C)C)CC(=O)[C@H](CC(C)C)N(C)C(=O)[C@@H](C)NC(=O)[C@H](C)CC(=O)[C@H](CC(C)C)N(C)C(=O)[C@H](C(C)C)CC(=O)[C@H](C(C)(C)CN(C)C(=O)[C@@H](CC(=O)OC)C(C)C)CC(=O)[C@@H](C)CC1=O. The van der Waals surface area contributed by atoms with E-state index in [9.17, 15) is 43.5 Å². The highest BCUT2D eigenvalue weighted by Gasteiger charge is 2.47. The third kappa shape index (κ3) is 28.3. The highest BCUT2D eigenvalue weighted by molar-refractivity contribution is 6.00. The van der Waals surface area contributed by atoms with E-state index in [0.29, 0.717) is 26.1 Å². The fraction of sp³-hybridized carbons (Fsp3) is 0.835. The number of ketones is 5. The number of aliphatic hydroxyl groups is 1. The molecule has 0 radical (unpaired) electrons. The van der Waals surface area contributed by atoms with Gasteiger partial charge in [0, 0.05) is 117 Å². The van der Waals surface area contributed by atoms with Gasteiger partial charge in [-0.3, -0.25) is 67.2 Å². The van der Waals surface area contributed by atoms with Gasteiger partial charge in [0.2, 0.25) is 41.4 Å². The first-order valence-corrected chi connectivity index (χ1v) is 38.4. The monoisotopic (exact) mass is 1460 g/mol. The lowest BCUT2D eigenvalue weighted by Gasteiger charge is -2.40. The van der Waals surface area contributed by atoms with Crippen molar-refractivity contribution < 1.29 is 76.9 Å². The van der Waals surface area contributed by atoms with Crippen LogP contribution in [0.5, 0.6) is 0 Å². The molecule has 2 rings (SSSR count). The summed E-state index contributed by atoms with van der Waals surface area (Å²) in [5, 5.41) is 18.1. The smallest absolute Gasteiger partial charge is 0.306 e. The van der Waals surface area contributed by atoms with Gasteiger partial charge in [0.25, 0.3) is 0 Å². The maximum absolute atomic E-state index is 15.5. The molecule has 103 heavy (non-hydrogen) atoms. The Morgan fingerprint density at radius 2 is 1.12 bits per heavy atom. The molecule has 0 unspecified atom stereocenters. The zero-order chi connectivity index (χ0) is 79.0. The first kappa shape index (κ1) is 93.1. The number of methoxy groups -OCH3 is 1. The molecule has 2 saturated heterocycles. The molecule has 2 heterocycles. The topological polar surface area (TPSA) is 304 Å². The van der Waals surface area contributed by atoms with E-state index in [4.69, 9.17) is 9.47 Å². The third-order valence-electron chi connectivity index (χ3n) is 21.5. The summed E-state index contributed by atoms with van der Waals surface area (Å²) in [5.41, 5.74) is -1.20. The quantitative estimate of drug-likeness (QED) is 0.0604. The predicted molar refractivity (Wildman–Crippen MR) is 398 cm³/mol. The Bertz CT molecular complexity index is 2830. The fourth-order valence-corrected chi connectivity index (χ4v) is 14.8. The molecule has 24 heteroatoms. The summed E-state index contributed by atoms with van der Waals surface area (Å²) in [4.78, 5) is 200. The summed E-state index contributed by atoms with van der Waals surface area (Å²) >= 11 is 0. The van der Waals surface area contributed by atoms with Crippen LogP contribution < -0.4 is 10.6 Å². The fourth-order valence-electron chi connectivity index (χ4n) is 14.8. The van der Waals surface area contributed by atoms with Gasteiger partial charge >= 0.3 is 5.97 Å². The molecular weight excluding hydrogens is 1320 g/mol. The molecule has 0 aliphatic carbocycles. The molecule has 0 spiro atoms. The average Bonchev–Trinajstić information content (AvgIpc) is 0.812. The van der Waals surface area contributed by atoms with Crippen LogP contribution in [0.4, 0.5) is 0 Å². The molecule has 0 bridgehead atoms. The lowest BCUT2D eigenvalue weighted by Crippen LogP contribution is -2.62. The highest BCUT2D eigenvalue weighted by atomic mass is 16.5. The highest BCUT2D eigenvalue weighted by Crippen LogP contribution is 2.37. The number of unbranched alkanes of at least 4 members (excludes halogenated alkanes) is 2. The molecule has 14 atom stereocenters. The number of esters is 1. The van der Waals surface area contributed by atoms with Crippen molar-refractivity contribution in [3.05, 3.63) is 0 Å². The molecule has 7 amide bonds. The molecule has 2 aliphatic heterocycles. The van der Waals surface area contributed by atoms with E-state index in [0.717, 1.165) is 37.4 Å². The van der Waals surface area contributed by atoms with Crippen molar-refractivity contribution in [2.24, 2.45) is 82.3 Å². The minimum Gasteiger partial charge on any atom is -0.469 e. The summed E-state index contributed by atoms with van der Waals surface area (Å²) in [5.74, 6) is -15.5. The molecule has 590 valence electrons. The van der Waals surface area contributed by atoms with Crippen LogP contribution in [0, 0.1) is 82.3 Å². The van der Waals surface area contributed by atoms with Crippen molar-refractivity contribution in [2.45, 2.75) is 264 Å². The van der Waals surface area contributed by atoms with Crippen LogP contribution in [0.1, 0.15) is 221 Å². The number of carbonyl (C=O) groups excluding carboxylic acids is 13. The Hall–Kier alpha value is -6.01. The zero-order valence-electron chi connectivity index (χ0n) is 67.9. The number of aliphatic hydroxyl groups excluding tert-OH is 1. The number of Topliss-reactive ketones (excluding diaryl/α,β-unsaturated/α-hetero) is 5. The molecule has 2 fully saturated rings. The van der Waals surface area contributed by atoms with Crippen LogP contribution in [0.25, 0.3) is 0 Å². The van der Waals surface area contributed by atoms with Gasteiger partial charge < -0.3 is 49.7 Å². The van der Waals surface area contributed by atoms with E-state index in [1.807, 2.05) is 41.5 Å². The summed E-state index contributed by atoms with van der Waals surface area (Å²) in [6.07, 6.45) is -0.0164. The van der Waals surface area contributed by atoms with Gasteiger partial charge in [-0.15, -0.1) is 0 Å². The number of likely N-dealkylation sites (N-methyl/N-ethyl adjacent to an activating group) is 4. The number of ether oxygens (including phenoxy) is 2. The summed E-state index contributed by atoms with van der Waals surface area (Å²) in [6, 6.07) is -7.37. The number of amides is 7. The number of nitrogens with one attached hydrogen (secondary N) is 2. The van der Waals surface area contributed by atoms with E-state index >= 15 is 24.0 Å². The lowest BCUT2D eigenvalue weighted by atomic mass is 9.70. The number of hydrogen-bond donors (Lipinski definition) is 3. The van der Waals surface area contributed by atoms with E-state index in [1.54, 1.807) is 90.1 Å². The van der Waals surface area contributed by atoms with E-state index in [2.05, 4.69) is 15.5 Å². The average molecular weight is 1460 g/mol.